The maximum Gasteiger partial charge on any atom is 0.223 e. The average Bonchev–Trinajstić information content (AvgIpc) is 2.54. The maximum atomic E-state index is 12.8. The van der Waals surface area contributed by atoms with Gasteiger partial charge in [-0.05, 0) is 43.1 Å². The van der Waals surface area contributed by atoms with E-state index in [1.807, 2.05) is 37.3 Å². The van der Waals surface area contributed by atoms with E-state index in [4.69, 9.17) is 0 Å². The van der Waals surface area contributed by atoms with Gasteiger partial charge in [0.15, 0.2) is 0 Å². The lowest BCUT2D eigenvalue weighted by atomic mass is 9.69. The number of amides is 1. The minimum atomic E-state index is -0.668. The molecule has 1 aromatic carbocycles. The van der Waals surface area contributed by atoms with E-state index in [2.05, 4.69) is 26.1 Å². The lowest BCUT2D eigenvalue weighted by Crippen LogP contribution is -2.45. The first-order chi connectivity index (χ1) is 10.9. The minimum Gasteiger partial charge on any atom is -0.386 e. The number of carbonyl (C=O) groups is 1. The van der Waals surface area contributed by atoms with Crippen LogP contribution in [0.2, 0.25) is 0 Å². The molecule has 3 nitrogen and oxygen atoms in total. The quantitative estimate of drug-likeness (QED) is 0.864. The molecule has 23 heavy (non-hydrogen) atoms. The van der Waals surface area contributed by atoms with Crippen LogP contribution in [0.4, 0.5) is 0 Å². The van der Waals surface area contributed by atoms with Crippen LogP contribution in [0.1, 0.15) is 58.6 Å². The van der Waals surface area contributed by atoms with Gasteiger partial charge in [-0.25, -0.2) is 0 Å². The second-order valence-corrected chi connectivity index (χ2v) is 7.59. The molecule has 1 amide bonds. The van der Waals surface area contributed by atoms with Crippen LogP contribution in [0.15, 0.2) is 30.3 Å². The Morgan fingerprint density at radius 1 is 1.17 bits per heavy atom. The van der Waals surface area contributed by atoms with Crippen LogP contribution in [0.3, 0.4) is 0 Å². The Morgan fingerprint density at radius 2 is 1.83 bits per heavy atom. The fourth-order valence-corrected chi connectivity index (χ4v) is 3.85. The minimum absolute atomic E-state index is 0.0733. The van der Waals surface area contributed by atoms with Crippen molar-refractivity contribution in [3.63, 3.8) is 0 Å². The molecule has 3 heteroatoms. The first-order valence-electron chi connectivity index (χ1n) is 8.93. The smallest absolute Gasteiger partial charge is 0.223 e. The molecule has 1 aromatic rings. The van der Waals surface area contributed by atoms with Crippen LogP contribution in [0, 0.1) is 23.7 Å². The van der Waals surface area contributed by atoms with E-state index in [0.29, 0.717) is 17.8 Å². The summed E-state index contributed by atoms with van der Waals surface area (Å²) in [6.07, 6.45) is 2.64. The summed E-state index contributed by atoms with van der Waals surface area (Å²) in [7, 11) is 0. The molecule has 0 aromatic heterocycles. The third-order valence-electron chi connectivity index (χ3n) is 5.34. The summed E-state index contributed by atoms with van der Waals surface area (Å²) < 4.78 is 0. The van der Waals surface area contributed by atoms with Crippen molar-refractivity contribution < 1.29 is 9.90 Å². The zero-order valence-electron chi connectivity index (χ0n) is 14.8. The first-order valence-corrected chi connectivity index (χ1v) is 8.93. The van der Waals surface area contributed by atoms with Crippen molar-refractivity contribution in [2.24, 2.45) is 23.7 Å². The number of carbonyl (C=O) groups excluding carboxylic acids is 1. The van der Waals surface area contributed by atoms with Gasteiger partial charge in [0.1, 0.15) is 0 Å². The van der Waals surface area contributed by atoms with Crippen molar-refractivity contribution in [1.29, 1.82) is 0 Å². The number of hydrogen-bond donors (Lipinski definition) is 2. The lowest BCUT2D eigenvalue weighted by molar-refractivity contribution is -0.130. The van der Waals surface area contributed by atoms with E-state index in [1.54, 1.807) is 0 Å². The highest BCUT2D eigenvalue weighted by Crippen LogP contribution is 2.38. The van der Waals surface area contributed by atoms with Crippen LogP contribution < -0.4 is 5.32 Å². The SMILES string of the molecule is CC(C)[C@@H]1CC[C@@H](C)C[C@H]1C(=O)N[C@H](C)[C@@H](O)c1ccccc1. The highest BCUT2D eigenvalue weighted by atomic mass is 16.3. The Bertz CT molecular complexity index is 500. The Kier molecular flexibility index (Phi) is 6.23. The summed E-state index contributed by atoms with van der Waals surface area (Å²) in [6, 6.07) is 9.25. The number of aliphatic hydroxyl groups is 1. The van der Waals surface area contributed by atoms with Gasteiger partial charge >= 0.3 is 0 Å². The molecule has 2 rings (SSSR count). The highest BCUT2D eigenvalue weighted by Gasteiger charge is 2.36. The van der Waals surface area contributed by atoms with Crippen molar-refractivity contribution in [2.45, 2.75) is 59.1 Å². The van der Waals surface area contributed by atoms with Gasteiger partial charge in [0.2, 0.25) is 5.91 Å². The maximum absolute atomic E-state index is 12.8. The van der Waals surface area contributed by atoms with E-state index < -0.39 is 6.10 Å². The standard InChI is InChI=1S/C20H31NO2/c1-13(2)17-11-10-14(3)12-18(17)20(23)21-15(4)19(22)16-8-6-5-7-9-16/h5-9,13-15,17-19,22H,10-12H2,1-4H3,(H,21,23)/t14-,15-,17+,18-,19-/m1/s1. The van der Waals surface area contributed by atoms with Gasteiger partial charge in [0.05, 0.1) is 12.1 Å². The van der Waals surface area contributed by atoms with E-state index >= 15 is 0 Å². The highest BCUT2D eigenvalue weighted by molar-refractivity contribution is 5.79. The number of nitrogens with one attached hydrogen (secondary N) is 1. The predicted octanol–water partition coefficient (Wildman–Crippen LogP) is 3.93. The Labute approximate surface area is 140 Å². The third kappa shape index (κ3) is 4.57. The summed E-state index contributed by atoms with van der Waals surface area (Å²) in [5, 5.41) is 13.5. The largest absolute Gasteiger partial charge is 0.386 e. The lowest BCUT2D eigenvalue weighted by Gasteiger charge is -2.37. The topological polar surface area (TPSA) is 49.3 Å². The molecular formula is C20H31NO2. The van der Waals surface area contributed by atoms with Crippen molar-refractivity contribution in [2.75, 3.05) is 0 Å². The molecule has 128 valence electrons. The van der Waals surface area contributed by atoms with Gasteiger partial charge in [-0.15, -0.1) is 0 Å². The van der Waals surface area contributed by atoms with Crippen molar-refractivity contribution in [3.8, 4) is 0 Å². The molecule has 0 aliphatic heterocycles. The molecule has 0 heterocycles. The molecule has 1 saturated carbocycles. The van der Waals surface area contributed by atoms with Gasteiger partial charge in [-0.3, -0.25) is 4.79 Å². The van der Waals surface area contributed by atoms with Crippen LogP contribution in [0.5, 0.6) is 0 Å². The average molecular weight is 317 g/mol. The predicted molar refractivity (Wildman–Crippen MR) is 93.8 cm³/mol. The number of benzene rings is 1. The van der Waals surface area contributed by atoms with Crippen LogP contribution >= 0.6 is 0 Å². The first kappa shape index (κ1) is 18.0. The van der Waals surface area contributed by atoms with Crippen LogP contribution in [-0.4, -0.2) is 17.1 Å². The van der Waals surface area contributed by atoms with Gasteiger partial charge in [-0.2, -0.15) is 0 Å². The van der Waals surface area contributed by atoms with E-state index in [-0.39, 0.29) is 17.9 Å². The number of rotatable bonds is 5. The van der Waals surface area contributed by atoms with Gasteiger partial charge in [0.25, 0.3) is 0 Å². The second kappa shape index (κ2) is 7.96. The van der Waals surface area contributed by atoms with Gasteiger partial charge < -0.3 is 10.4 Å². The molecule has 1 aliphatic carbocycles. The number of hydrogen-bond acceptors (Lipinski definition) is 2. The van der Waals surface area contributed by atoms with Crippen LogP contribution in [0.25, 0.3) is 0 Å². The molecule has 5 atom stereocenters. The Balaban J connectivity index is 2.01. The summed E-state index contributed by atoms with van der Waals surface area (Å²) >= 11 is 0. The third-order valence-corrected chi connectivity index (χ3v) is 5.34. The Morgan fingerprint density at radius 3 is 2.43 bits per heavy atom. The second-order valence-electron chi connectivity index (χ2n) is 7.59. The monoisotopic (exact) mass is 317 g/mol. The molecule has 0 bridgehead atoms. The van der Waals surface area contributed by atoms with Crippen molar-refractivity contribution >= 4 is 5.91 Å². The van der Waals surface area contributed by atoms with E-state index in [0.717, 1.165) is 18.4 Å². The molecule has 0 saturated heterocycles. The Hall–Kier alpha value is -1.35. The molecule has 2 N–H and O–H groups in total. The molecule has 0 radical (unpaired) electrons. The van der Waals surface area contributed by atoms with Crippen molar-refractivity contribution in [1.82, 2.24) is 5.32 Å². The summed E-state index contributed by atoms with van der Waals surface area (Å²) in [5.74, 6) is 1.76. The molecule has 1 fully saturated rings. The van der Waals surface area contributed by atoms with E-state index in [9.17, 15) is 9.90 Å². The summed E-state index contributed by atoms with van der Waals surface area (Å²) in [6.45, 7) is 8.54. The van der Waals surface area contributed by atoms with Gasteiger partial charge in [0, 0.05) is 5.92 Å². The zero-order valence-corrected chi connectivity index (χ0v) is 14.8. The van der Waals surface area contributed by atoms with Crippen LogP contribution in [-0.2, 0) is 4.79 Å². The zero-order chi connectivity index (χ0) is 17.0. The molecule has 1 aliphatic rings. The van der Waals surface area contributed by atoms with E-state index in [1.165, 1.54) is 6.42 Å². The molecular weight excluding hydrogens is 286 g/mol. The normalized spacial score (nSPS) is 27.5. The van der Waals surface area contributed by atoms with Gasteiger partial charge in [-0.1, -0.05) is 57.5 Å². The molecule has 0 spiro atoms. The van der Waals surface area contributed by atoms with Crippen molar-refractivity contribution in [3.05, 3.63) is 35.9 Å². The fraction of sp³-hybridized carbons (Fsp3) is 0.650. The summed E-state index contributed by atoms with van der Waals surface area (Å²) in [4.78, 5) is 12.8. The number of aliphatic hydroxyl groups excluding tert-OH is 1. The summed E-state index contributed by atoms with van der Waals surface area (Å²) in [5.41, 5.74) is 0.845. The molecule has 0 unspecified atom stereocenters. The fourth-order valence-electron chi connectivity index (χ4n) is 3.85.